The van der Waals surface area contributed by atoms with Crippen LogP contribution in [0.3, 0.4) is 0 Å². The lowest BCUT2D eigenvalue weighted by atomic mass is 10.0. The first-order valence-corrected chi connectivity index (χ1v) is 8.84. The Morgan fingerprint density at radius 2 is 1.45 bits per heavy atom. The SMILES string of the molecule is Cc1cc(Br)c(C(Br)c2c(F)cc(Br)cc2F)cc1Br. The Morgan fingerprint density at radius 1 is 0.900 bits per heavy atom. The summed E-state index contributed by atoms with van der Waals surface area (Å²) in [7, 11) is 0. The highest BCUT2D eigenvalue weighted by molar-refractivity contribution is 9.11. The molecule has 0 bridgehead atoms. The van der Waals surface area contributed by atoms with Crippen LogP contribution in [0.2, 0.25) is 0 Å². The molecule has 0 fully saturated rings. The first kappa shape index (κ1) is 16.6. The first-order valence-electron chi connectivity index (χ1n) is 5.55. The van der Waals surface area contributed by atoms with E-state index in [2.05, 4.69) is 63.7 Å². The smallest absolute Gasteiger partial charge is 0.131 e. The van der Waals surface area contributed by atoms with Crippen LogP contribution in [-0.2, 0) is 0 Å². The Bertz CT molecular complexity index is 647. The van der Waals surface area contributed by atoms with Gasteiger partial charge in [-0.3, -0.25) is 0 Å². The predicted molar refractivity (Wildman–Crippen MR) is 91.4 cm³/mol. The number of rotatable bonds is 2. The second kappa shape index (κ2) is 6.55. The number of alkyl halides is 1. The minimum Gasteiger partial charge on any atom is -0.206 e. The monoisotopic (exact) mass is 530 g/mol. The Kier molecular flexibility index (Phi) is 5.43. The molecule has 0 saturated carbocycles. The Labute approximate surface area is 149 Å². The molecule has 0 N–H and O–H groups in total. The highest BCUT2D eigenvalue weighted by atomic mass is 79.9. The summed E-state index contributed by atoms with van der Waals surface area (Å²) in [5, 5.41) is 0. The van der Waals surface area contributed by atoms with Gasteiger partial charge in [0.15, 0.2) is 0 Å². The lowest BCUT2D eigenvalue weighted by Gasteiger charge is -2.16. The lowest BCUT2D eigenvalue weighted by molar-refractivity contribution is 0.559. The topological polar surface area (TPSA) is 0 Å². The van der Waals surface area contributed by atoms with Gasteiger partial charge in [-0.2, -0.15) is 0 Å². The van der Waals surface area contributed by atoms with Crippen LogP contribution in [0, 0.1) is 18.6 Å². The van der Waals surface area contributed by atoms with Crippen molar-refractivity contribution in [3.8, 4) is 0 Å². The third kappa shape index (κ3) is 3.34. The van der Waals surface area contributed by atoms with Crippen molar-refractivity contribution in [3.05, 3.63) is 66.0 Å². The molecule has 0 amide bonds. The van der Waals surface area contributed by atoms with Crippen molar-refractivity contribution in [2.24, 2.45) is 0 Å². The molecule has 2 rings (SSSR count). The molecule has 0 aliphatic carbocycles. The summed E-state index contributed by atoms with van der Waals surface area (Å²) in [5.74, 6) is -1.19. The number of benzene rings is 2. The van der Waals surface area contributed by atoms with E-state index in [0.717, 1.165) is 20.1 Å². The van der Waals surface area contributed by atoms with E-state index in [9.17, 15) is 8.78 Å². The van der Waals surface area contributed by atoms with Crippen LogP contribution in [0.5, 0.6) is 0 Å². The summed E-state index contributed by atoms with van der Waals surface area (Å²) >= 11 is 13.3. The molecule has 0 saturated heterocycles. The largest absolute Gasteiger partial charge is 0.206 e. The van der Waals surface area contributed by atoms with Crippen molar-refractivity contribution in [2.75, 3.05) is 0 Å². The molecule has 1 atom stereocenters. The minimum absolute atomic E-state index is 0.00958. The fraction of sp³-hybridized carbons (Fsp3) is 0.143. The summed E-state index contributed by atoms with van der Waals surface area (Å²) in [4.78, 5) is -0.582. The van der Waals surface area contributed by atoms with Gasteiger partial charge in [-0.05, 0) is 42.3 Å². The molecule has 0 nitrogen and oxygen atoms in total. The van der Waals surface area contributed by atoms with Gasteiger partial charge < -0.3 is 0 Å². The van der Waals surface area contributed by atoms with E-state index >= 15 is 0 Å². The normalized spacial score (nSPS) is 12.6. The Hall–Kier alpha value is 0.220. The molecule has 2 aromatic rings. The maximum Gasteiger partial charge on any atom is 0.131 e. The first-order chi connectivity index (χ1) is 9.31. The average molecular weight is 534 g/mol. The average Bonchev–Trinajstić information content (AvgIpc) is 2.32. The molecule has 0 heterocycles. The minimum atomic E-state index is -0.595. The summed E-state index contributed by atoms with van der Waals surface area (Å²) in [5.41, 5.74) is 1.78. The third-order valence-electron chi connectivity index (χ3n) is 2.85. The molecular formula is C14H8Br4F2. The van der Waals surface area contributed by atoms with Crippen molar-refractivity contribution in [1.82, 2.24) is 0 Å². The van der Waals surface area contributed by atoms with E-state index in [0.29, 0.717) is 4.47 Å². The van der Waals surface area contributed by atoms with Crippen molar-refractivity contribution in [1.29, 1.82) is 0 Å². The van der Waals surface area contributed by atoms with E-state index in [1.807, 2.05) is 19.1 Å². The van der Waals surface area contributed by atoms with Crippen LogP contribution in [0.1, 0.15) is 21.5 Å². The van der Waals surface area contributed by atoms with E-state index in [1.54, 1.807) is 0 Å². The number of aryl methyl sites for hydroxylation is 1. The van der Waals surface area contributed by atoms with Gasteiger partial charge in [0, 0.05) is 19.0 Å². The fourth-order valence-corrected chi connectivity index (χ4v) is 4.38. The summed E-state index contributed by atoms with van der Waals surface area (Å²) in [6, 6.07) is 6.26. The number of hydrogen-bond donors (Lipinski definition) is 0. The summed E-state index contributed by atoms with van der Waals surface area (Å²) in [6.07, 6.45) is 0. The van der Waals surface area contributed by atoms with E-state index < -0.39 is 16.5 Å². The predicted octanol–water partition coefficient (Wildman–Crippen LogP) is 7.05. The second-order valence-electron chi connectivity index (χ2n) is 4.27. The summed E-state index contributed by atoms with van der Waals surface area (Å²) in [6.45, 7) is 1.95. The van der Waals surface area contributed by atoms with Gasteiger partial charge in [0.1, 0.15) is 11.6 Å². The van der Waals surface area contributed by atoms with Gasteiger partial charge in [0.05, 0.1) is 4.83 Å². The Balaban J connectivity index is 2.57. The highest BCUT2D eigenvalue weighted by Crippen LogP contribution is 2.40. The van der Waals surface area contributed by atoms with Crippen LogP contribution in [-0.4, -0.2) is 0 Å². The van der Waals surface area contributed by atoms with Gasteiger partial charge in [0.2, 0.25) is 0 Å². The zero-order valence-electron chi connectivity index (χ0n) is 10.2. The zero-order chi connectivity index (χ0) is 15.0. The molecule has 0 aliphatic rings. The molecule has 1 unspecified atom stereocenters. The molecule has 0 aliphatic heterocycles. The Morgan fingerprint density at radius 3 is 2.00 bits per heavy atom. The molecule has 0 spiro atoms. The molecule has 106 valence electrons. The van der Waals surface area contributed by atoms with Crippen molar-refractivity contribution >= 4 is 63.7 Å². The molecule has 6 heteroatoms. The van der Waals surface area contributed by atoms with Gasteiger partial charge in [-0.15, -0.1) is 0 Å². The van der Waals surface area contributed by atoms with E-state index in [4.69, 9.17) is 0 Å². The van der Waals surface area contributed by atoms with Crippen LogP contribution in [0.25, 0.3) is 0 Å². The number of hydrogen-bond acceptors (Lipinski definition) is 0. The van der Waals surface area contributed by atoms with Crippen molar-refractivity contribution in [2.45, 2.75) is 11.8 Å². The summed E-state index contributed by atoms with van der Waals surface area (Å²) < 4.78 is 30.1. The van der Waals surface area contributed by atoms with Crippen LogP contribution in [0.4, 0.5) is 8.78 Å². The fourth-order valence-electron chi connectivity index (χ4n) is 1.81. The van der Waals surface area contributed by atoms with E-state index in [1.165, 1.54) is 12.1 Å². The van der Waals surface area contributed by atoms with Gasteiger partial charge in [-0.1, -0.05) is 63.7 Å². The van der Waals surface area contributed by atoms with Gasteiger partial charge in [-0.25, -0.2) is 8.78 Å². The van der Waals surface area contributed by atoms with Crippen LogP contribution in [0.15, 0.2) is 37.7 Å². The van der Waals surface area contributed by atoms with Gasteiger partial charge >= 0.3 is 0 Å². The molecule has 0 radical (unpaired) electrons. The molecule has 20 heavy (non-hydrogen) atoms. The molecular weight excluding hydrogens is 526 g/mol. The van der Waals surface area contributed by atoms with E-state index in [-0.39, 0.29) is 5.56 Å². The standard InChI is InChI=1S/C14H8Br4F2/c1-6-2-10(17)8(5-9(6)16)14(18)13-11(19)3-7(15)4-12(13)20/h2-5,14H,1H3. The lowest BCUT2D eigenvalue weighted by Crippen LogP contribution is -2.02. The highest BCUT2D eigenvalue weighted by Gasteiger charge is 2.22. The molecule has 0 aromatic heterocycles. The van der Waals surface area contributed by atoms with Crippen LogP contribution < -0.4 is 0 Å². The molecule has 2 aromatic carbocycles. The zero-order valence-corrected chi connectivity index (χ0v) is 16.5. The van der Waals surface area contributed by atoms with Crippen molar-refractivity contribution < 1.29 is 8.78 Å². The second-order valence-corrected chi connectivity index (χ2v) is 7.81. The number of halogens is 6. The maximum atomic E-state index is 14.0. The van der Waals surface area contributed by atoms with Gasteiger partial charge in [0.25, 0.3) is 0 Å². The van der Waals surface area contributed by atoms with Crippen molar-refractivity contribution in [3.63, 3.8) is 0 Å². The van der Waals surface area contributed by atoms with Crippen LogP contribution >= 0.6 is 63.7 Å². The third-order valence-corrected chi connectivity index (χ3v) is 5.80. The quantitative estimate of drug-likeness (QED) is 0.363. The maximum absolute atomic E-state index is 14.0.